The molecule has 3 aromatic rings. The van der Waals surface area contributed by atoms with Gasteiger partial charge in [0.15, 0.2) is 0 Å². The minimum absolute atomic E-state index is 0.0887. The van der Waals surface area contributed by atoms with Crippen LogP contribution in [0.2, 0.25) is 0 Å². The Labute approximate surface area is 153 Å². The molecule has 0 saturated heterocycles. The maximum absolute atomic E-state index is 14.5. The van der Waals surface area contributed by atoms with Crippen LogP contribution in [0.15, 0.2) is 55.1 Å². The summed E-state index contributed by atoms with van der Waals surface area (Å²) in [5.74, 6) is -3.37. The molecule has 0 spiro atoms. The fraction of sp³-hybridized carbons (Fsp3) is 0.211. The largest absolute Gasteiger partial charge is 0.478 e. The Hall–Kier alpha value is -3.13. The Bertz CT molecular complexity index is 945. The van der Waals surface area contributed by atoms with Gasteiger partial charge >= 0.3 is 5.97 Å². The number of aromatic carboxylic acids is 1. The van der Waals surface area contributed by atoms with Gasteiger partial charge in [-0.15, -0.1) is 0 Å². The first-order chi connectivity index (χ1) is 12.8. The van der Waals surface area contributed by atoms with Crippen LogP contribution in [0.1, 0.15) is 34.3 Å². The van der Waals surface area contributed by atoms with Crippen LogP contribution in [0.3, 0.4) is 0 Å². The Morgan fingerprint density at radius 1 is 1.22 bits per heavy atom. The van der Waals surface area contributed by atoms with E-state index < -0.39 is 29.1 Å². The van der Waals surface area contributed by atoms with Crippen LogP contribution in [0.4, 0.5) is 8.78 Å². The number of hydrogen-bond acceptors (Lipinski definition) is 4. The quantitative estimate of drug-likeness (QED) is 0.694. The van der Waals surface area contributed by atoms with E-state index in [0.29, 0.717) is 11.6 Å². The topological polar surface area (TPSA) is 88.2 Å². The molecule has 0 radical (unpaired) electrons. The van der Waals surface area contributed by atoms with Crippen LogP contribution in [-0.4, -0.2) is 30.9 Å². The van der Waals surface area contributed by atoms with Gasteiger partial charge in [0, 0.05) is 17.5 Å². The molecule has 1 heterocycles. The molecule has 0 fully saturated rings. The lowest BCUT2D eigenvalue weighted by atomic mass is 9.78. The van der Waals surface area contributed by atoms with E-state index in [2.05, 4.69) is 10.1 Å². The molecule has 0 amide bonds. The second-order valence-electron chi connectivity index (χ2n) is 6.29. The van der Waals surface area contributed by atoms with Gasteiger partial charge in [0.1, 0.15) is 29.9 Å². The third-order valence-electron chi connectivity index (χ3n) is 4.64. The monoisotopic (exact) mass is 373 g/mol. The van der Waals surface area contributed by atoms with Crippen LogP contribution in [0, 0.1) is 11.6 Å². The van der Waals surface area contributed by atoms with E-state index >= 15 is 0 Å². The molecule has 2 N–H and O–H groups in total. The molecule has 3 rings (SSSR count). The van der Waals surface area contributed by atoms with Crippen molar-refractivity contribution in [3.63, 3.8) is 0 Å². The standard InChI is InChI=1S/C19H17F2N3O3/c1-12(13-2-4-14(5-3-13)18(25)26)19(27,9-24-11-22-10-23-24)16-7-6-15(20)8-17(16)21/h2-8,10-12,27H,9H2,1H3,(H,25,26)/t12-,19+/m1/s1. The summed E-state index contributed by atoms with van der Waals surface area (Å²) in [7, 11) is 0. The second kappa shape index (κ2) is 7.24. The normalized spacial score (nSPS) is 14.5. The fourth-order valence-electron chi connectivity index (χ4n) is 3.05. The molecular formula is C19H17F2N3O3. The number of hydrogen-bond donors (Lipinski definition) is 2. The number of rotatable bonds is 6. The van der Waals surface area contributed by atoms with Crippen molar-refractivity contribution in [2.75, 3.05) is 0 Å². The summed E-state index contributed by atoms with van der Waals surface area (Å²) in [4.78, 5) is 14.9. The maximum atomic E-state index is 14.5. The number of benzene rings is 2. The van der Waals surface area contributed by atoms with E-state index in [4.69, 9.17) is 5.11 Å². The van der Waals surface area contributed by atoms with Gasteiger partial charge in [0.25, 0.3) is 0 Å². The van der Waals surface area contributed by atoms with Crippen LogP contribution in [0.5, 0.6) is 0 Å². The lowest BCUT2D eigenvalue weighted by Crippen LogP contribution is -2.38. The smallest absolute Gasteiger partial charge is 0.335 e. The van der Waals surface area contributed by atoms with Gasteiger partial charge in [-0.25, -0.2) is 23.2 Å². The Morgan fingerprint density at radius 3 is 2.48 bits per heavy atom. The molecule has 6 nitrogen and oxygen atoms in total. The highest BCUT2D eigenvalue weighted by Crippen LogP contribution is 2.39. The molecule has 0 aliphatic rings. The zero-order chi connectivity index (χ0) is 19.6. The average Bonchev–Trinajstić information content (AvgIpc) is 3.13. The molecule has 0 bridgehead atoms. The summed E-state index contributed by atoms with van der Waals surface area (Å²) < 4.78 is 29.2. The summed E-state index contributed by atoms with van der Waals surface area (Å²) >= 11 is 0. The molecule has 140 valence electrons. The highest BCUT2D eigenvalue weighted by Gasteiger charge is 2.40. The SMILES string of the molecule is C[C@H](c1ccc(C(=O)O)cc1)[C@@](O)(Cn1cncn1)c1ccc(F)cc1F. The molecule has 0 unspecified atom stereocenters. The summed E-state index contributed by atoms with van der Waals surface area (Å²) in [5, 5.41) is 24.5. The lowest BCUT2D eigenvalue weighted by Gasteiger charge is -2.35. The minimum atomic E-state index is -1.78. The van der Waals surface area contributed by atoms with Gasteiger partial charge in [-0.05, 0) is 23.8 Å². The highest BCUT2D eigenvalue weighted by molar-refractivity contribution is 5.87. The average molecular weight is 373 g/mol. The van der Waals surface area contributed by atoms with Crippen molar-refractivity contribution < 1.29 is 23.8 Å². The first kappa shape index (κ1) is 18.7. The maximum Gasteiger partial charge on any atom is 0.335 e. The predicted octanol–water partition coefficient (Wildman–Crippen LogP) is 2.95. The molecule has 0 aliphatic carbocycles. The van der Waals surface area contributed by atoms with Crippen molar-refractivity contribution in [1.82, 2.24) is 14.8 Å². The van der Waals surface area contributed by atoms with Crippen LogP contribution in [0.25, 0.3) is 0 Å². The zero-order valence-electron chi connectivity index (χ0n) is 14.4. The van der Waals surface area contributed by atoms with Crippen molar-refractivity contribution >= 4 is 5.97 Å². The molecule has 8 heteroatoms. The molecule has 2 aromatic carbocycles. The van der Waals surface area contributed by atoms with Crippen molar-refractivity contribution in [2.24, 2.45) is 0 Å². The van der Waals surface area contributed by atoms with Gasteiger partial charge in [0.05, 0.1) is 12.1 Å². The number of halogens is 2. The third-order valence-corrected chi connectivity index (χ3v) is 4.64. The lowest BCUT2D eigenvalue weighted by molar-refractivity contribution is -0.0112. The first-order valence-electron chi connectivity index (χ1n) is 8.15. The summed E-state index contributed by atoms with van der Waals surface area (Å²) in [6.45, 7) is 1.55. The summed E-state index contributed by atoms with van der Waals surface area (Å²) in [6, 6.07) is 8.91. The van der Waals surface area contributed by atoms with Crippen LogP contribution >= 0.6 is 0 Å². The number of aliphatic hydroxyl groups is 1. The molecular weight excluding hydrogens is 356 g/mol. The Balaban J connectivity index is 2.06. The van der Waals surface area contributed by atoms with E-state index in [0.717, 1.165) is 6.07 Å². The number of nitrogens with zero attached hydrogens (tertiary/aromatic N) is 3. The Morgan fingerprint density at radius 2 is 1.93 bits per heavy atom. The first-order valence-corrected chi connectivity index (χ1v) is 8.15. The number of carboxylic acid groups (broad SMARTS) is 1. The fourth-order valence-corrected chi connectivity index (χ4v) is 3.05. The van der Waals surface area contributed by atoms with Gasteiger partial charge in [0.2, 0.25) is 0 Å². The molecule has 2 atom stereocenters. The van der Waals surface area contributed by atoms with E-state index in [1.54, 1.807) is 19.1 Å². The number of carboxylic acids is 1. The van der Waals surface area contributed by atoms with Crippen LogP contribution < -0.4 is 0 Å². The zero-order valence-corrected chi connectivity index (χ0v) is 14.4. The minimum Gasteiger partial charge on any atom is -0.478 e. The molecule has 0 saturated carbocycles. The van der Waals surface area contributed by atoms with E-state index in [-0.39, 0.29) is 17.7 Å². The highest BCUT2D eigenvalue weighted by atomic mass is 19.1. The summed E-state index contributed by atoms with van der Waals surface area (Å²) in [6.07, 6.45) is 2.67. The van der Waals surface area contributed by atoms with Crippen molar-refractivity contribution in [1.29, 1.82) is 0 Å². The Kier molecular flexibility index (Phi) is 5.00. The number of aromatic nitrogens is 3. The predicted molar refractivity (Wildman–Crippen MR) is 92.1 cm³/mol. The number of carbonyl (C=O) groups is 1. The van der Waals surface area contributed by atoms with Gasteiger partial charge in [-0.1, -0.05) is 25.1 Å². The van der Waals surface area contributed by atoms with Gasteiger partial charge < -0.3 is 10.2 Å². The molecule has 0 aliphatic heterocycles. The van der Waals surface area contributed by atoms with Crippen molar-refractivity contribution in [3.05, 3.63) is 83.4 Å². The van der Waals surface area contributed by atoms with E-state index in [9.17, 15) is 18.7 Å². The van der Waals surface area contributed by atoms with Crippen molar-refractivity contribution in [2.45, 2.75) is 25.0 Å². The van der Waals surface area contributed by atoms with E-state index in [1.165, 1.54) is 35.5 Å². The van der Waals surface area contributed by atoms with Crippen molar-refractivity contribution in [3.8, 4) is 0 Å². The van der Waals surface area contributed by atoms with Gasteiger partial charge in [-0.2, -0.15) is 5.10 Å². The second-order valence-corrected chi connectivity index (χ2v) is 6.29. The van der Waals surface area contributed by atoms with Crippen LogP contribution in [-0.2, 0) is 12.1 Å². The molecule has 27 heavy (non-hydrogen) atoms. The van der Waals surface area contributed by atoms with E-state index in [1.807, 2.05) is 0 Å². The third kappa shape index (κ3) is 3.70. The molecule has 1 aromatic heterocycles. The summed E-state index contributed by atoms with van der Waals surface area (Å²) in [5.41, 5.74) is -1.18. The van der Waals surface area contributed by atoms with Gasteiger partial charge in [-0.3, -0.25) is 0 Å².